The maximum absolute atomic E-state index is 3.82. The molecule has 0 amide bonds. The van der Waals surface area contributed by atoms with Gasteiger partial charge in [-0.05, 0) is 94.9 Å². The number of benzene rings is 9. The van der Waals surface area contributed by atoms with Gasteiger partial charge in [0.2, 0.25) is 0 Å². The van der Waals surface area contributed by atoms with Crippen molar-refractivity contribution in [3.63, 3.8) is 0 Å². The predicted molar refractivity (Wildman–Crippen MR) is 220 cm³/mol. The second-order valence-corrected chi connectivity index (χ2v) is 14.0. The largest absolute Gasteiger partial charge is 0.354 e. The van der Waals surface area contributed by atoms with E-state index >= 15 is 0 Å². The molecule has 1 aliphatic rings. The lowest BCUT2D eigenvalue weighted by atomic mass is 9.80. The average molecular weight is 648 g/mol. The van der Waals surface area contributed by atoms with Gasteiger partial charge in [0, 0.05) is 27.6 Å². The van der Waals surface area contributed by atoms with E-state index in [2.05, 4.69) is 181 Å². The number of hydrogen-bond acceptors (Lipinski definition) is 0. The lowest BCUT2D eigenvalue weighted by molar-refractivity contribution is 0.871. The van der Waals surface area contributed by atoms with E-state index in [4.69, 9.17) is 0 Å². The lowest BCUT2D eigenvalue weighted by Crippen LogP contribution is -2.02. The number of rotatable bonds is 3. The Morgan fingerprint density at radius 1 is 0.451 bits per heavy atom. The molecule has 238 valence electrons. The van der Waals surface area contributed by atoms with Crippen LogP contribution in [0.2, 0.25) is 0 Å². The summed E-state index contributed by atoms with van der Waals surface area (Å²) >= 11 is 0. The maximum atomic E-state index is 3.82. The normalized spacial score (nSPS) is 14.8. The number of nitrogens with one attached hydrogen (secondary N) is 1. The predicted octanol–water partition coefficient (Wildman–Crippen LogP) is 13.9. The number of H-pyrrole nitrogens is 1. The zero-order chi connectivity index (χ0) is 33.5. The van der Waals surface area contributed by atoms with Gasteiger partial charge in [0.15, 0.2) is 0 Å². The summed E-state index contributed by atoms with van der Waals surface area (Å²) in [5.74, 6) is 0.265. The molecule has 0 radical (unpaired) electrons. The minimum Gasteiger partial charge on any atom is -0.354 e. The van der Waals surface area contributed by atoms with E-state index in [1.807, 2.05) is 0 Å². The molecular weight excluding hydrogens is 615 g/mol. The molecule has 0 saturated carbocycles. The highest BCUT2D eigenvalue weighted by molar-refractivity contribution is 6.31. The topological polar surface area (TPSA) is 15.8 Å². The second-order valence-electron chi connectivity index (χ2n) is 14.0. The number of fused-ring (bicyclic) bond motifs is 11. The second kappa shape index (κ2) is 11.0. The molecule has 0 saturated heterocycles. The average Bonchev–Trinajstić information content (AvgIpc) is 3.59. The van der Waals surface area contributed by atoms with E-state index < -0.39 is 0 Å². The van der Waals surface area contributed by atoms with Crippen LogP contribution in [-0.2, 0) is 0 Å². The standard InChI is InChI=1S/C50H33N/c1-2-17-35-31(13-1)14-12-26-38(35)48-42-23-8-6-21-40(42)47(41-22-7-9-24-43(41)48)34-16-11-15-32(29-34)33-27-28-46-45(30-33)49-39-20-5-3-18-36(39)37-19-4-10-25-44(37)50(49)51-46/h1-28,30,32,51H,29H2. The fourth-order valence-corrected chi connectivity index (χ4v) is 9.10. The molecule has 0 bridgehead atoms. The molecule has 1 heterocycles. The van der Waals surface area contributed by atoms with Crippen molar-refractivity contribution in [2.45, 2.75) is 12.3 Å². The van der Waals surface area contributed by atoms with Crippen LogP contribution in [0.4, 0.5) is 0 Å². The van der Waals surface area contributed by atoms with Crippen molar-refractivity contribution in [2.24, 2.45) is 0 Å². The van der Waals surface area contributed by atoms with Crippen LogP contribution in [0.5, 0.6) is 0 Å². The van der Waals surface area contributed by atoms with Gasteiger partial charge in [-0.3, -0.25) is 0 Å². The molecule has 1 atom stereocenters. The summed E-state index contributed by atoms with van der Waals surface area (Å²) in [6.07, 6.45) is 7.97. The summed E-state index contributed by atoms with van der Waals surface area (Å²) in [5, 5.41) is 15.6. The smallest absolute Gasteiger partial charge is 0.0551 e. The summed E-state index contributed by atoms with van der Waals surface area (Å²) in [5.41, 5.74) is 9.10. The van der Waals surface area contributed by atoms with Gasteiger partial charge < -0.3 is 4.98 Å². The van der Waals surface area contributed by atoms with E-state index in [-0.39, 0.29) is 5.92 Å². The van der Waals surface area contributed by atoms with Crippen LogP contribution in [-0.4, -0.2) is 4.98 Å². The molecule has 9 aromatic carbocycles. The Morgan fingerprint density at radius 3 is 1.75 bits per heavy atom. The Kier molecular flexibility index (Phi) is 6.15. The molecule has 1 N–H and O–H groups in total. The quantitative estimate of drug-likeness (QED) is 0.145. The first-order valence-electron chi connectivity index (χ1n) is 18.0. The van der Waals surface area contributed by atoms with Crippen molar-refractivity contribution >= 4 is 81.2 Å². The van der Waals surface area contributed by atoms with Crippen LogP contribution < -0.4 is 0 Å². The summed E-state index contributed by atoms with van der Waals surface area (Å²) in [7, 11) is 0. The van der Waals surface area contributed by atoms with E-state index in [1.165, 1.54) is 103 Å². The first-order chi connectivity index (χ1) is 25.3. The van der Waals surface area contributed by atoms with Crippen molar-refractivity contribution in [1.29, 1.82) is 0 Å². The fourth-order valence-electron chi connectivity index (χ4n) is 9.10. The van der Waals surface area contributed by atoms with E-state index in [0.717, 1.165) is 6.42 Å². The summed E-state index contributed by atoms with van der Waals surface area (Å²) in [6, 6.07) is 58.3. The van der Waals surface area contributed by atoms with Crippen molar-refractivity contribution in [2.75, 3.05) is 0 Å². The zero-order valence-corrected chi connectivity index (χ0v) is 28.0. The number of hydrogen-bond donors (Lipinski definition) is 1. The van der Waals surface area contributed by atoms with Gasteiger partial charge in [-0.15, -0.1) is 0 Å². The Bertz CT molecular complexity index is 3050. The Labute approximate surface area is 295 Å². The molecular formula is C50H33N. The molecule has 1 nitrogen and oxygen atoms in total. The van der Waals surface area contributed by atoms with Gasteiger partial charge >= 0.3 is 0 Å². The van der Waals surface area contributed by atoms with E-state index in [1.54, 1.807) is 0 Å². The number of aromatic amines is 1. The molecule has 51 heavy (non-hydrogen) atoms. The van der Waals surface area contributed by atoms with Crippen molar-refractivity contribution in [3.8, 4) is 11.1 Å². The lowest BCUT2D eigenvalue weighted by Gasteiger charge is -2.24. The van der Waals surface area contributed by atoms with Crippen molar-refractivity contribution < 1.29 is 0 Å². The molecule has 0 fully saturated rings. The van der Waals surface area contributed by atoms with Crippen LogP contribution in [0.1, 0.15) is 23.5 Å². The van der Waals surface area contributed by atoms with Crippen LogP contribution in [0, 0.1) is 0 Å². The summed E-state index contributed by atoms with van der Waals surface area (Å²) < 4.78 is 0. The molecule has 0 spiro atoms. The minimum absolute atomic E-state index is 0.265. The molecule has 1 heteroatoms. The van der Waals surface area contributed by atoms with Gasteiger partial charge in [-0.25, -0.2) is 0 Å². The Hall–Kier alpha value is -6.44. The highest BCUT2D eigenvalue weighted by Gasteiger charge is 2.23. The number of aromatic nitrogens is 1. The molecule has 1 aliphatic carbocycles. The third-order valence-electron chi connectivity index (χ3n) is 11.3. The van der Waals surface area contributed by atoms with Crippen LogP contribution >= 0.6 is 0 Å². The molecule has 10 aromatic rings. The molecule has 11 rings (SSSR count). The third-order valence-corrected chi connectivity index (χ3v) is 11.3. The molecule has 1 unspecified atom stereocenters. The van der Waals surface area contributed by atoms with Crippen molar-refractivity contribution in [1.82, 2.24) is 4.98 Å². The van der Waals surface area contributed by atoms with Gasteiger partial charge in [0.25, 0.3) is 0 Å². The van der Waals surface area contributed by atoms with Gasteiger partial charge in [-0.2, -0.15) is 0 Å². The summed E-state index contributed by atoms with van der Waals surface area (Å²) in [6.45, 7) is 0. The monoisotopic (exact) mass is 647 g/mol. The molecule has 0 aliphatic heterocycles. The van der Waals surface area contributed by atoms with E-state index in [0.29, 0.717) is 0 Å². The minimum atomic E-state index is 0.265. The molecule has 1 aromatic heterocycles. The Balaban J connectivity index is 1.08. The highest BCUT2D eigenvalue weighted by atomic mass is 14.7. The maximum Gasteiger partial charge on any atom is 0.0551 e. The van der Waals surface area contributed by atoms with Crippen LogP contribution in [0.3, 0.4) is 0 Å². The first-order valence-corrected chi connectivity index (χ1v) is 18.0. The SMILES string of the molecule is C1=CC(c2ccc3[nH]c4c5ccccc5c5ccccc5c4c3c2)CC(c2c3ccccc3c(-c3cccc4ccccc34)c3ccccc23)=C1. The van der Waals surface area contributed by atoms with Crippen LogP contribution in [0.25, 0.3) is 92.4 Å². The zero-order valence-electron chi connectivity index (χ0n) is 28.0. The third kappa shape index (κ3) is 4.22. The Morgan fingerprint density at radius 2 is 1.02 bits per heavy atom. The first kappa shape index (κ1) is 28.4. The fraction of sp³-hybridized carbons (Fsp3) is 0.0400. The number of allylic oxidation sites excluding steroid dienone is 4. The van der Waals surface area contributed by atoms with Gasteiger partial charge in [-0.1, -0.05) is 164 Å². The van der Waals surface area contributed by atoms with E-state index in [9.17, 15) is 0 Å². The summed E-state index contributed by atoms with van der Waals surface area (Å²) in [4.78, 5) is 3.82. The van der Waals surface area contributed by atoms with Gasteiger partial charge in [0.05, 0.1) is 5.52 Å². The van der Waals surface area contributed by atoms with Crippen LogP contribution in [0.15, 0.2) is 176 Å². The highest BCUT2D eigenvalue weighted by Crippen LogP contribution is 2.47. The van der Waals surface area contributed by atoms with Gasteiger partial charge in [0.1, 0.15) is 0 Å². The van der Waals surface area contributed by atoms with Crippen molar-refractivity contribution in [3.05, 3.63) is 187 Å².